The van der Waals surface area contributed by atoms with Gasteiger partial charge in [0.05, 0.1) is 0 Å². The molecule has 1 fully saturated rings. The first-order valence-electron chi connectivity index (χ1n) is 7.02. The number of nitrogens with zero attached hydrogens (tertiary/aromatic N) is 2. The number of piperazine rings is 1. The summed E-state index contributed by atoms with van der Waals surface area (Å²) < 4.78 is 13.1. The van der Waals surface area contributed by atoms with E-state index in [2.05, 4.69) is 28.4 Å². The summed E-state index contributed by atoms with van der Waals surface area (Å²) in [7, 11) is 0. The second-order valence-electron chi connectivity index (χ2n) is 5.11. The van der Waals surface area contributed by atoms with Crippen LogP contribution in [-0.2, 0) is 6.54 Å². The Morgan fingerprint density at radius 2 is 1.65 bits per heavy atom. The molecule has 0 unspecified atom stereocenters. The van der Waals surface area contributed by atoms with Crippen LogP contribution in [0.3, 0.4) is 0 Å². The van der Waals surface area contributed by atoms with Gasteiger partial charge in [-0.25, -0.2) is 9.71 Å². The average molecular weight is 269 g/mol. The monoisotopic (exact) mass is 269 g/mol. The molecule has 0 amide bonds. The van der Waals surface area contributed by atoms with Gasteiger partial charge in [0.2, 0.25) is 0 Å². The van der Waals surface area contributed by atoms with Crippen LogP contribution < -0.4 is 5.32 Å². The molecule has 1 radical (unpaired) electrons. The van der Waals surface area contributed by atoms with Gasteiger partial charge in [0, 0.05) is 32.7 Å². The van der Waals surface area contributed by atoms with Crippen LogP contribution in [-0.4, -0.2) is 31.1 Å². The topological polar surface area (TPSA) is 17.3 Å². The Balaban J connectivity index is 1.85. The van der Waals surface area contributed by atoms with Gasteiger partial charge in [0.15, 0.2) is 0 Å². The molecule has 1 heterocycles. The number of benzene rings is 2. The van der Waals surface area contributed by atoms with Crippen molar-refractivity contribution in [3.05, 3.63) is 59.9 Å². The molecular formula is C17H18FN2. The lowest BCUT2D eigenvalue weighted by Gasteiger charge is -2.27. The molecule has 0 aliphatic carbocycles. The zero-order chi connectivity index (χ0) is 13.8. The van der Waals surface area contributed by atoms with Crippen molar-refractivity contribution >= 4 is 0 Å². The lowest BCUT2D eigenvalue weighted by Crippen LogP contribution is -2.39. The highest BCUT2D eigenvalue weighted by molar-refractivity contribution is 5.67. The van der Waals surface area contributed by atoms with Crippen molar-refractivity contribution in [2.75, 3.05) is 26.2 Å². The van der Waals surface area contributed by atoms with Crippen molar-refractivity contribution < 1.29 is 4.39 Å². The van der Waals surface area contributed by atoms with E-state index in [0.717, 1.165) is 38.3 Å². The van der Waals surface area contributed by atoms with E-state index in [4.69, 9.17) is 0 Å². The maximum Gasteiger partial charge on any atom is 0.123 e. The van der Waals surface area contributed by atoms with Crippen LogP contribution >= 0.6 is 0 Å². The highest BCUT2D eigenvalue weighted by Gasteiger charge is 2.13. The zero-order valence-electron chi connectivity index (χ0n) is 11.4. The maximum absolute atomic E-state index is 13.1. The van der Waals surface area contributed by atoms with Gasteiger partial charge in [0.1, 0.15) is 5.82 Å². The van der Waals surface area contributed by atoms with Crippen LogP contribution in [0.2, 0.25) is 0 Å². The minimum Gasteiger partial charge on any atom is -0.296 e. The van der Waals surface area contributed by atoms with Crippen molar-refractivity contribution in [2.45, 2.75) is 6.54 Å². The van der Waals surface area contributed by atoms with Crippen LogP contribution in [0, 0.1) is 5.82 Å². The Bertz CT molecular complexity index is 559. The summed E-state index contributed by atoms with van der Waals surface area (Å²) in [6.45, 7) is 4.84. The Labute approximate surface area is 119 Å². The molecule has 1 aliphatic heterocycles. The van der Waals surface area contributed by atoms with Crippen LogP contribution in [0.25, 0.3) is 11.1 Å². The fourth-order valence-electron chi connectivity index (χ4n) is 2.62. The first kappa shape index (κ1) is 13.3. The summed E-state index contributed by atoms with van der Waals surface area (Å²) in [5.41, 5.74) is 3.56. The highest BCUT2D eigenvalue weighted by Crippen LogP contribution is 2.25. The number of rotatable bonds is 3. The molecule has 0 saturated carbocycles. The molecule has 1 aliphatic rings. The smallest absolute Gasteiger partial charge is 0.123 e. The van der Waals surface area contributed by atoms with E-state index in [1.807, 2.05) is 18.2 Å². The van der Waals surface area contributed by atoms with E-state index < -0.39 is 0 Å². The van der Waals surface area contributed by atoms with Gasteiger partial charge in [-0.05, 0) is 28.8 Å². The minimum absolute atomic E-state index is 0.191. The molecule has 3 rings (SSSR count). The standard InChI is InChI=1S/C17H18FN2/c18-16-7-5-14(6-8-16)17-4-2-1-3-15(17)13-20-11-9-19-10-12-20/h1-8H,9-13H2. The molecule has 0 bridgehead atoms. The van der Waals surface area contributed by atoms with E-state index in [0.29, 0.717) is 0 Å². The molecule has 3 heteroatoms. The fraction of sp³-hybridized carbons (Fsp3) is 0.294. The molecule has 0 atom stereocenters. The highest BCUT2D eigenvalue weighted by atomic mass is 19.1. The molecule has 0 aromatic heterocycles. The van der Waals surface area contributed by atoms with Gasteiger partial charge in [-0.15, -0.1) is 0 Å². The fourth-order valence-corrected chi connectivity index (χ4v) is 2.62. The van der Waals surface area contributed by atoms with Crippen LogP contribution in [0.1, 0.15) is 5.56 Å². The molecule has 0 N–H and O–H groups in total. The quantitative estimate of drug-likeness (QED) is 0.837. The van der Waals surface area contributed by atoms with Crippen molar-refractivity contribution in [1.82, 2.24) is 10.2 Å². The number of hydrogen-bond donors (Lipinski definition) is 0. The molecule has 103 valence electrons. The second kappa shape index (κ2) is 6.16. The van der Waals surface area contributed by atoms with Crippen LogP contribution in [0.4, 0.5) is 4.39 Å². The Morgan fingerprint density at radius 3 is 2.40 bits per heavy atom. The minimum atomic E-state index is -0.191. The average Bonchev–Trinajstić information content (AvgIpc) is 2.50. The third kappa shape index (κ3) is 3.06. The van der Waals surface area contributed by atoms with Gasteiger partial charge in [0.25, 0.3) is 0 Å². The zero-order valence-corrected chi connectivity index (χ0v) is 11.4. The summed E-state index contributed by atoms with van der Waals surface area (Å²) in [6, 6.07) is 15.1. The van der Waals surface area contributed by atoms with Gasteiger partial charge < -0.3 is 0 Å². The first-order chi connectivity index (χ1) is 9.83. The molecular weight excluding hydrogens is 251 g/mol. The summed E-state index contributed by atoms with van der Waals surface area (Å²) >= 11 is 0. The van der Waals surface area contributed by atoms with E-state index in [1.165, 1.54) is 23.3 Å². The summed E-state index contributed by atoms with van der Waals surface area (Å²) in [4.78, 5) is 2.43. The maximum atomic E-state index is 13.1. The van der Waals surface area contributed by atoms with Crippen molar-refractivity contribution in [1.29, 1.82) is 0 Å². The summed E-state index contributed by atoms with van der Waals surface area (Å²) in [6.07, 6.45) is 0. The van der Waals surface area contributed by atoms with Gasteiger partial charge in [-0.1, -0.05) is 36.4 Å². The Kier molecular flexibility index (Phi) is 4.09. The molecule has 2 aromatic rings. The van der Waals surface area contributed by atoms with E-state index in [9.17, 15) is 4.39 Å². The predicted molar refractivity (Wildman–Crippen MR) is 79.0 cm³/mol. The number of halogens is 1. The second-order valence-corrected chi connectivity index (χ2v) is 5.11. The van der Waals surface area contributed by atoms with Crippen molar-refractivity contribution in [3.8, 4) is 11.1 Å². The largest absolute Gasteiger partial charge is 0.296 e. The molecule has 1 saturated heterocycles. The molecule has 2 aromatic carbocycles. The van der Waals surface area contributed by atoms with Gasteiger partial charge >= 0.3 is 0 Å². The first-order valence-corrected chi connectivity index (χ1v) is 7.02. The van der Waals surface area contributed by atoms with E-state index in [-0.39, 0.29) is 5.82 Å². The lowest BCUT2D eigenvalue weighted by molar-refractivity contribution is 0.231. The predicted octanol–water partition coefficient (Wildman–Crippen LogP) is 2.91. The molecule has 20 heavy (non-hydrogen) atoms. The van der Waals surface area contributed by atoms with E-state index in [1.54, 1.807) is 0 Å². The van der Waals surface area contributed by atoms with E-state index >= 15 is 0 Å². The normalized spacial score (nSPS) is 16.2. The lowest BCUT2D eigenvalue weighted by atomic mass is 9.99. The molecule has 0 spiro atoms. The summed E-state index contributed by atoms with van der Waals surface area (Å²) in [5, 5.41) is 4.38. The van der Waals surface area contributed by atoms with Gasteiger partial charge in [-0.2, -0.15) is 0 Å². The Morgan fingerprint density at radius 1 is 0.950 bits per heavy atom. The third-order valence-electron chi connectivity index (χ3n) is 3.72. The van der Waals surface area contributed by atoms with Gasteiger partial charge in [-0.3, -0.25) is 4.90 Å². The SMILES string of the molecule is Fc1ccc(-c2ccccc2CN2CC[N]CC2)cc1. The third-order valence-corrected chi connectivity index (χ3v) is 3.72. The van der Waals surface area contributed by atoms with Crippen LogP contribution in [0.5, 0.6) is 0 Å². The summed E-state index contributed by atoms with van der Waals surface area (Å²) in [5.74, 6) is -0.191. The van der Waals surface area contributed by atoms with Crippen molar-refractivity contribution in [3.63, 3.8) is 0 Å². The number of hydrogen-bond acceptors (Lipinski definition) is 1. The van der Waals surface area contributed by atoms with Crippen LogP contribution in [0.15, 0.2) is 48.5 Å². The molecule has 2 nitrogen and oxygen atoms in total. The van der Waals surface area contributed by atoms with Crippen molar-refractivity contribution in [2.24, 2.45) is 0 Å². The Hall–Kier alpha value is -1.71.